The topological polar surface area (TPSA) is 20.3 Å². The molecule has 4 heteroatoms. The molecular formula is C24H25Cl2NO. The first-order chi connectivity index (χ1) is 13.6. The van der Waals surface area contributed by atoms with E-state index in [2.05, 4.69) is 29.2 Å². The van der Waals surface area contributed by atoms with Crippen LogP contribution in [0, 0.1) is 11.8 Å². The molecule has 2 nitrogen and oxygen atoms in total. The zero-order chi connectivity index (χ0) is 19.3. The lowest BCUT2D eigenvalue weighted by atomic mass is 9.78. The zero-order valence-electron chi connectivity index (χ0n) is 15.9. The van der Waals surface area contributed by atoms with E-state index in [0.717, 1.165) is 16.5 Å². The van der Waals surface area contributed by atoms with Crippen molar-refractivity contribution in [3.63, 3.8) is 0 Å². The highest BCUT2D eigenvalue weighted by Gasteiger charge is 2.51. The normalized spacial score (nSPS) is 25.4. The summed E-state index contributed by atoms with van der Waals surface area (Å²) >= 11 is 12.5. The molecule has 2 saturated carbocycles. The fraction of sp³-hybridized carbons (Fsp3) is 0.458. The van der Waals surface area contributed by atoms with Gasteiger partial charge in [-0.3, -0.25) is 4.79 Å². The maximum absolute atomic E-state index is 13.3. The smallest absolute Gasteiger partial charge is 0.223 e. The Kier molecular flexibility index (Phi) is 4.88. The van der Waals surface area contributed by atoms with Gasteiger partial charge in [0, 0.05) is 28.4 Å². The first kappa shape index (κ1) is 18.5. The van der Waals surface area contributed by atoms with Crippen LogP contribution in [-0.4, -0.2) is 16.8 Å². The van der Waals surface area contributed by atoms with E-state index < -0.39 is 0 Å². The Bertz CT molecular complexity index is 860. The van der Waals surface area contributed by atoms with Crippen LogP contribution in [0.5, 0.6) is 0 Å². The molecule has 1 amide bonds. The number of hydrogen-bond donors (Lipinski definition) is 0. The molecule has 0 N–H and O–H groups in total. The number of halogens is 2. The molecule has 2 aromatic carbocycles. The lowest BCUT2D eigenvalue weighted by molar-refractivity contribution is -0.142. The number of carbonyl (C=O) groups excluding carboxylic acids is 1. The van der Waals surface area contributed by atoms with Gasteiger partial charge in [0.1, 0.15) is 0 Å². The fourth-order valence-corrected chi connectivity index (χ4v) is 5.45. The van der Waals surface area contributed by atoms with Crippen molar-refractivity contribution in [3.8, 4) is 0 Å². The predicted octanol–water partition coefficient (Wildman–Crippen LogP) is 6.63. The molecule has 2 unspecified atom stereocenters. The summed E-state index contributed by atoms with van der Waals surface area (Å²) < 4.78 is 0. The second-order valence-electron chi connectivity index (χ2n) is 8.66. The van der Waals surface area contributed by atoms with E-state index in [1.54, 1.807) is 0 Å². The monoisotopic (exact) mass is 413 g/mol. The highest BCUT2D eigenvalue weighted by atomic mass is 35.5. The molecule has 0 radical (unpaired) electrons. The molecule has 2 atom stereocenters. The minimum atomic E-state index is 0.0585. The molecular weight excluding hydrogens is 389 g/mol. The first-order valence-electron chi connectivity index (χ1n) is 10.4. The minimum Gasteiger partial charge on any atom is -0.331 e. The standard InChI is InChI=1S/C24H25Cl2NO/c25-19-10-8-17(9-11-19)24-21(18-2-1-3-20(26)14-18)12-13-22(28)27(24)23(15-4-5-15)16-6-7-16/h1-3,8-11,14-16,21,23-24H,4-7,12-13H2. The van der Waals surface area contributed by atoms with Crippen LogP contribution < -0.4 is 0 Å². The van der Waals surface area contributed by atoms with Gasteiger partial charge in [-0.05, 0) is 79.3 Å². The molecule has 5 rings (SSSR count). The van der Waals surface area contributed by atoms with E-state index in [1.807, 2.05) is 24.3 Å². The Hall–Kier alpha value is -1.51. The maximum atomic E-state index is 13.3. The molecule has 1 heterocycles. The van der Waals surface area contributed by atoms with Crippen LogP contribution in [0.4, 0.5) is 0 Å². The number of hydrogen-bond acceptors (Lipinski definition) is 1. The average Bonchev–Trinajstić information content (AvgIpc) is 3.59. The zero-order valence-corrected chi connectivity index (χ0v) is 17.4. The van der Waals surface area contributed by atoms with Crippen LogP contribution in [0.3, 0.4) is 0 Å². The summed E-state index contributed by atoms with van der Waals surface area (Å²) in [5.41, 5.74) is 2.42. The van der Waals surface area contributed by atoms with E-state index in [-0.39, 0.29) is 12.0 Å². The molecule has 1 aliphatic heterocycles. The first-order valence-corrected chi connectivity index (χ1v) is 11.2. The molecule has 0 spiro atoms. The number of benzene rings is 2. The summed E-state index contributed by atoms with van der Waals surface area (Å²) in [6.07, 6.45) is 6.54. The van der Waals surface area contributed by atoms with Crippen LogP contribution >= 0.6 is 23.2 Å². The van der Waals surface area contributed by atoms with Crippen LogP contribution in [0.1, 0.15) is 61.6 Å². The van der Waals surface area contributed by atoms with Crippen molar-refractivity contribution < 1.29 is 4.79 Å². The average molecular weight is 414 g/mol. The third-order valence-corrected chi connectivity index (χ3v) is 7.14. The van der Waals surface area contributed by atoms with Gasteiger partial charge < -0.3 is 4.90 Å². The van der Waals surface area contributed by atoms with Crippen LogP contribution in [0.25, 0.3) is 0 Å². The predicted molar refractivity (Wildman–Crippen MR) is 114 cm³/mol. The third-order valence-electron chi connectivity index (χ3n) is 6.66. The Balaban J connectivity index is 1.60. The summed E-state index contributed by atoms with van der Waals surface area (Å²) in [7, 11) is 0. The summed E-state index contributed by atoms with van der Waals surface area (Å²) in [4.78, 5) is 15.6. The molecule has 1 saturated heterocycles. The van der Waals surface area contributed by atoms with Crippen molar-refractivity contribution in [1.29, 1.82) is 0 Å². The van der Waals surface area contributed by atoms with Gasteiger partial charge in [0.25, 0.3) is 0 Å². The van der Waals surface area contributed by atoms with Crippen LogP contribution in [-0.2, 0) is 4.79 Å². The van der Waals surface area contributed by atoms with E-state index in [0.29, 0.717) is 30.2 Å². The molecule has 0 aromatic heterocycles. The lowest BCUT2D eigenvalue weighted by Gasteiger charge is -2.46. The number of nitrogens with zero attached hydrogens (tertiary/aromatic N) is 1. The second kappa shape index (κ2) is 7.39. The van der Waals surface area contributed by atoms with Gasteiger partial charge in [0.05, 0.1) is 6.04 Å². The van der Waals surface area contributed by atoms with Gasteiger partial charge in [-0.15, -0.1) is 0 Å². The SMILES string of the molecule is O=C1CCC(c2cccc(Cl)c2)C(c2ccc(Cl)cc2)N1C(C1CC1)C1CC1. The summed E-state index contributed by atoms with van der Waals surface area (Å²) in [6, 6.07) is 16.8. The van der Waals surface area contributed by atoms with Gasteiger partial charge in [-0.2, -0.15) is 0 Å². The van der Waals surface area contributed by atoms with E-state index in [9.17, 15) is 4.79 Å². The highest BCUT2D eigenvalue weighted by Crippen LogP contribution is 2.53. The number of likely N-dealkylation sites (tertiary alicyclic amines) is 1. The van der Waals surface area contributed by atoms with E-state index in [4.69, 9.17) is 23.2 Å². The van der Waals surface area contributed by atoms with Gasteiger partial charge in [-0.1, -0.05) is 47.5 Å². The molecule has 28 heavy (non-hydrogen) atoms. The highest BCUT2D eigenvalue weighted by molar-refractivity contribution is 6.30. The van der Waals surface area contributed by atoms with Crippen molar-refractivity contribution >= 4 is 29.1 Å². The van der Waals surface area contributed by atoms with Crippen molar-refractivity contribution in [3.05, 3.63) is 69.7 Å². The minimum absolute atomic E-state index is 0.0585. The Labute approximate surface area is 176 Å². The summed E-state index contributed by atoms with van der Waals surface area (Å²) in [5, 5.41) is 1.49. The van der Waals surface area contributed by atoms with Gasteiger partial charge in [0.15, 0.2) is 0 Å². The van der Waals surface area contributed by atoms with Crippen LogP contribution in [0.2, 0.25) is 10.0 Å². The second-order valence-corrected chi connectivity index (χ2v) is 9.54. The number of carbonyl (C=O) groups is 1. The van der Waals surface area contributed by atoms with Crippen LogP contribution in [0.15, 0.2) is 48.5 Å². The van der Waals surface area contributed by atoms with Crippen molar-refractivity contribution in [2.45, 2.75) is 56.5 Å². The molecule has 3 aliphatic rings. The molecule has 3 fully saturated rings. The number of piperidine rings is 1. The Morgan fingerprint density at radius 1 is 0.821 bits per heavy atom. The van der Waals surface area contributed by atoms with Crippen molar-refractivity contribution in [2.75, 3.05) is 0 Å². The third kappa shape index (κ3) is 3.57. The van der Waals surface area contributed by atoms with Gasteiger partial charge >= 0.3 is 0 Å². The molecule has 2 aliphatic carbocycles. The summed E-state index contributed by atoms with van der Waals surface area (Å²) in [6.45, 7) is 0. The van der Waals surface area contributed by atoms with E-state index in [1.165, 1.54) is 36.8 Å². The maximum Gasteiger partial charge on any atom is 0.223 e. The fourth-order valence-electron chi connectivity index (χ4n) is 5.12. The Morgan fingerprint density at radius 3 is 2.11 bits per heavy atom. The molecule has 146 valence electrons. The lowest BCUT2D eigenvalue weighted by Crippen LogP contribution is -2.49. The Morgan fingerprint density at radius 2 is 1.50 bits per heavy atom. The van der Waals surface area contributed by atoms with Gasteiger partial charge in [-0.25, -0.2) is 0 Å². The largest absolute Gasteiger partial charge is 0.331 e. The number of rotatable bonds is 5. The number of amides is 1. The summed E-state index contributed by atoms with van der Waals surface area (Å²) in [5.74, 6) is 1.95. The molecule has 2 aromatic rings. The van der Waals surface area contributed by atoms with Crippen molar-refractivity contribution in [1.82, 2.24) is 4.90 Å². The van der Waals surface area contributed by atoms with Crippen molar-refractivity contribution in [2.24, 2.45) is 11.8 Å². The van der Waals surface area contributed by atoms with Gasteiger partial charge in [0.2, 0.25) is 5.91 Å². The quantitative estimate of drug-likeness (QED) is 0.538. The molecule has 0 bridgehead atoms. The van der Waals surface area contributed by atoms with E-state index >= 15 is 0 Å².